The minimum atomic E-state index is -0.542. The van der Waals surface area contributed by atoms with Crippen LogP contribution in [-0.4, -0.2) is 76.7 Å². The number of imidazole rings is 1. The molecule has 0 aliphatic rings. The third-order valence-electron chi connectivity index (χ3n) is 5.97. The molecule has 0 atom stereocenters. The molecule has 0 spiro atoms. The molecule has 4 rings (SSSR count). The van der Waals surface area contributed by atoms with Crippen LogP contribution in [0.4, 0.5) is 0 Å². The molecule has 0 fully saturated rings. The average Bonchev–Trinajstić information content (AvgIpc) is 3.60. The molecule has 0 bridgehead atoms. The lowest BCUT2D eigenvalue weighted by Gasteiger charge is -2.13. The number of hydrogen-bond donors (Lipinski definition) is 3. The van der Waals surface area contributed by atoms with Crippen LogP contribution in [0.5, 0.6) is 0 Å². The molecule has 40 heavy (non-hydrogen) atoms. The number of thioether (sulfide) groups is 1. The smallest absolute Gasteiger partial charge is 0.358 e. The first-order chi connectivity index (χ1) is 19.5. The van der Waals surface area contributed by atoms with E-state index in [-0.39, 0.29) is 29.5 Å². The summed E-state index contributed by atoms with van der Waals surface area (Å²) in [5, 5.41) is 31.3. The quantitative estimate of drug-likeness (QED) is 0.101. The zero-order valence-electron chi connectivity index (χ0n) is 21.9. The molecule has 0 saturated carbocycles. The van der Waals surface area contributed by atoms with E-state index in [0.29, 0.717) is 30.3 Å². The maximum Gasteiger partial charge on any atom is 0.358 e. The van der Waals surface area contributed by atoms with Crippen LogP contribution in [0.25, 0.3) is 22.5 Å². The number of aryl methyl sites for hydroxylation is 1. The van der Waals surface area contributed by atoms with Gasteiger partial charge in [0, 0.05) is 30.0 Å². The van der Waals surface area contributed by atoms with Crippen LogP contribution in [0, 0.1) is 0 Å². The highest BCUT2D eigenvalue weighted by Crippen LogP contribution is 2.30. The molecular formula is C26H30ClN7O5S. The van der Waals surface area contributed by atoms with E-state index >= 15 is 0 Å². The monoisotopic (exact) mass is 587 g/mol. The van der Waals surface area contributed by atoms with Gasteiger partial charge in [0.1, 0.15) is 12.4 Å². The molecule has 12 nitrogen and oxygen atoms in total. The van der Waals surface area contributed by atoms with Crippen molar-refractivity contribution in [3.63, 3.8) is 0 Å². The van der Waals surface area contributed by atoms with Gasteiger partial charge in [-0.3, -0.25) is 10.4 Å². The zero-order chi connectivity index (χ0) is 28.3. The van der Waals surface area contributed by atoms with Crippen LogP contribution in [0.1, 0.15) is 41.6 Å². The Balaban J connectivity index is 1.48. The molecule has 212 valence electrons. The number of carbonyl (C=O) groups excluding carboxylic acids is 1. The highest BCUT2D eigenvalue weighted by Gasteiger charge is 2.23. The third-order valence-corrected chi connectivity index (χ3v) is 7.14. The summed E-state index contributed by atoms with van der Waals surface area (Å²) in [5.41, 5.74) is 4.03. The van der Waals surface area contributed by atoms with Crippen LogP contribution in [0.15, 0.2) is 48.5 Å². The maximum atomic E-state index is 13.0. The van der Waals surface area contributed by atoms with Gasteiger partial charge < -0.3 is 9.30 Å². The average molecular weight is 588 g/mol. The minimum Gasteiger partial charge on any atom is -0.460 e. The summed E-state index contributed by atoms with van der Waals surface area (Å²) in [6, 6.07) is 15.9. The van der Waals surface area contributed by atoms with Crippen molar-refractivity contribution in [1.29, 1.82) is 0 Å². The van der Waals surface area contributed by atoms with Crippen molar-refractivity contribution < 1.29 is 24.8 Å². The van der Waals surface area contributed by atoms with Crippen LogP contribution >= 0.6 is 23.4 Å². The first-order valence-corrected chi connectivity index (χ1v) is 14.2. The van der Waals surface area contributed by atoms with Gasteiger partial charge in [0.2, 0.25) is 5.82 Å². The molecule has 0 radical (unpaired) electrons. The van der Waals surface area contributed by atoms with Crippen molar-refractivity contribution in [3.05, 3.63) is 70.8 Å². The number of carbonyl (C=O) groups is 1. The second-order valence-electron chi connectivity index (χ2n) is 8.67. The van der Waals surface area contributed by atoms with Crippen molar-refractivity contribution >= 4 is 29.3 Å². The minimum absolute atomic E-state index is 0.104. The number of nitrogens with zero attached hydrogens (tertiary/aromatic N) is 6. The number of benzene rings is 2. The van der Waals surface area contributed by atoms with Gasteiger partial charge in [0.25, 0.3) is 0 Å². The van der Waals surface area contributed by atoms with Gasteiger partial charge in [-0.25, -0.2) is 14.6 Å². The summed E-state index contributed by atoms with van der Waals surface area (Å²) in [5.74, 6) is 1.71. The SMILES string of the molecule is CCCCc1nc(Cl)c(C(=O)OCCSCCON(O)O)n1Cc1ccc(-c2ccccc2-c2nn[nH]n2)cc1. The lowest BCUT2D eigenvalue weighted by Crippen LogP contribution is -2.17. The van der Waals surface area contributed by atoms with Gasteiger partial charge in [-0.2, -0.15) is 17.0 Å². The number of ether oxygens (including phenoxy) is 1. The van der Waals surface area contributed by atoms with E-state index in [4.69, 9.17) is 26.8 Å². The molecule has 2 heterocycles. The summed E-state index contributed by atoms with van der Waals surface area (Å²) >= 11 is 7.89. The van der Waals surface area contributed by atoms with E-state index in [2.05, 4.69) is 37.4 Å². The van der Waals surface area contributed by atoms with Gasteiger partial charge in [-0.05, 0) is 28.3 Å². The lowest BCUT2D eigenvalue weighted by molar-refractivity contribution is -0.490. The molecule has 2 aromatic carbocycles. The molecule has 0 aliphatic heterocycles. The number of aromatic nitrogens is 6. The Kier molecular flexibility index (Phi) is 11.0. The van der Waals surface area contributed by atoms with Crippen LogP contribution in [0.3, 0.4) is 0 Å². The third kappa shape index (κ3) is 7.87. The number of nitrogens with one attached hydrogen (secondary N) is 1. The molecule has 0 saturated heterocycles. The Labute approximate surface area is 240 Å². The topological polar surface area (TPSA) is 152 Å². The van der Waals surface area contributed by atoms with Crippen molar-refractivity contribution in [3.8, 4) is 22.5 Å². The molecule has 14 heteroatoms. The number of H-pyrrole nitrogens is 1. The molecule has 0 aliphatic carbocycles. The fourth-order valence-electron chi connectivity index (χ4n) is 4.08. The summed E-state index contributed by atoms with van der Waals surface area (Å²) in [7, 11) is 0. The van der Waals surface area contributed by atoms with Gasteiger partial charge in [-0.1, -0.05) is 73.5 Å². The van der Waals surface area contributed by atoms with Crippen molar-refractivity contribution in [2.75, 3.05) is 24.7 Å². The van der Waals surface area contributed by atoms with Crippen LogP contribution < -0.4 is 0 Å². The van der Waals surface area contributed by atoms with Gasteiger partial charge in [0.05, 0.1) is 12.0 Å². The fourth-order valence-corrected chi connectivity index (χ4v) is 4.95. The van der Waals surface area contributed by atoms with E-state index in [1.807, 2.05) is 53.1 Å². The normalized spacial score (nSPS) is 11.3. The number of hydrogen-bond acceptors (Lipinski definition) is 11. The molecule has 0 unspecified atom stereocenters. The van der Waals surface area contributed by atoms with Gasteiger partial charge >= 0.3 is 5.97 Å². The second-order valence-corrected chi connectivity index (χ2v) is 10.3. The number of halogens is 1. The van der Waals surface area contributed by atoms with Gasteiger partial charge in [0.15, 0.2) is 10.8 Å². The number of aromatic amines is 1. The summed E-state index contributed by atoms with van der Waals surface area (Å²) < 4.78 is 7.32. The Morgan fingerprint density at radius 2 is 1.85 bits per heavy atom. The summed E-state index contributed by atoms with van der Waals surface area (Å²) in [6.07, 6.45) is 2.57. The highest BCUT2D eigenvalue weighted by molar-refractivity contribution is 7.99. The van der Waals surface area contributed by atoms with E-state index in [1.54, 1.807) is 0 Å². The molecule has 2 aromatic heterocycles. The Morgan fingerprint density at radius 1 is 1.10 bits per heavy atom. The van der Waals surface area contributed by atoms with Crippen molar-refractivity contribution in [2.45, 2.75) is 32.7 Å². The van der Waals surface area contributed by atoms with E-state index in [1.165, 1.54) is 11.8 Å². The van der Waals surface area contributed by atoms with Gasteiger partial charge in [-0.15, -0.1) is 10.2 Å². The Morgan fingerprint density at radius 3 is 2.55 bits per heavy atom. The summed E-state index contributed by atoms with van der Waals surface area (Å²) in [4.78, 5) is 22.0. The first kappa shape index (κ1) is 29.6. The number of tetrazole rings is 1. The molecule has 0 amide bonds. The second kappa shape index (κ2) is 14.9. The highest BCUT2D eigenvalue weighted by atomic mass is 35.5. The predicted molar refractivity (Wildman–Crippen MR) is 149 cm³/mol. The van der Waals surface area contributed by atoms with E-state index < -0.39 is 5.97 Å². The lowest BCUT2D eigenvalue weighted by atomic mass is 9.98. The molecular weight excluding hydrogens is 558 g/mol. The van der Waals surface area contributed by atoms with E-state index in [9.17, 15) is 4.79 Å². The number of esters is 1. The van der Waals surface area contributed by atoms with Crippen molar-refractivity contribution in [1.82, 2.24) is 35.6 Å². The number of rotatable bonds is 15. The standard InChI is InChI=1S/C26H30ClN7O5S/c1-2-3-8-22-28-24(27)23(26(35)38-13-15-40-16-14-39-34(36)37)33(22)17-18-9-11-19(12-10-18)20-6-4-5-7-21(20)25-29-31-32-30-25/h4-7,9-12,36-37H,2-3,8,13-17H2,1H3,(H,29,30,31,32). The Hall–Kier alpha value is -3.33. The van der Waals surface area contributed by atoms with E-state index in [0.717, 1.165) is 40.9 Å². The fraction of sp³-hybridized carbons (Fsp3) is 0.346. The van der Waals surface area contributed by atoms with Crippen molar-refractivity contribution in [2.24, 2.45) is 0 Å². The zero-order valence-corrected chi connectivity index (χ0v) is 23.4. The largest absolute Gasteiger partial charge is 0.460 e. The number of unbranched alkanes of at least 4 members (excludes halogenated alkanes) is 1. The molecule has 4 aromatic rings. The van der Waals surface area contributed by atoms with Crippen LogP contribution in [0.2, 0.25) is 5.15 Å². The Bertz CT molecular complexity index is 1370. The maximum absolute atomic E-state index is 13.0. The first-order valence-electron chi connectivity index (χ1n) is 12.7. The molecule has 3 N–H and O–H groups in total. The summed E-state index contributed by atoms with van der Waals surface area (Å²) in [6.45, 7) is 2.76. The van der Waals surface area contributed by atoms with Crippen LogP contribution in [-0.2, 0) is 22.5 Å². The predicted octanol–water partition coefficient (Wildman–Crippen LogP) is 4.68.